The van der Waals surface area contributed by atoms with Crippen molar-refractivity contribution in [2.75, 3.05) is 13.2 Å². The predicted molar refractivity (Wildman–Crippen MR) is 31.4 cm³/mol. The predicted octanol–water partition coefficient (Wildman–Crippen LogP) is 0.801. The summed E-state index contributed by atoms with van der Waals surface area (Å²) in [6.45, 7) is 4.65. The first-order chi connectivity index (χ1) is 3.81. The Kier molecular flexibility index (Phi) is 4.23. The zero-order valence-electron chi connectivity index (χ0n) is 5.23. The summed E-state index contributed by atoms with van der Waals surface area (Å²) in [5.41, 5.74) is 0.617. The highest BCUT2D eigenvalue weighted by molar-refractivity contribution is 5.51. The van der Waals surface area contributed by atoms with E-state index in [0.717, 1.165) is 0 Å². The average Bonchev–Trinajstić information content (AvgIpc) is 1.83. The molecule has 0 N–H and O–H groups in total. The van der Waals surface area contributed by atoms with Crippen LogP contribution < -0.4 is 0 Å². The molecule has 0 rings (SSSR count). The molecule has 0 aliphatic rings. The lowest BCUT2D eigenvalue weighted by Gasteiger charge is -1.93. The van der Waals surface area contributed by atoms with Crippen LogP contribution in [0.15, 0.2) is 5.57 Å². The molecule has 0 saturated carbocycles. The largest absolute Gasteiger partial charge is 0.377 e. The summed E-state index contributed by atoms with van der Waals surface area (Å²) < 4.78 is 4.89. The first-order valence-corrected chi connectivity index (χ1v) is 2.59. The molecule has 0 atom stereocenters. The smallest absolute Gasteiger partial charge is 0.125 e. The molecule has 0 bridgehead atoms. The number of hydrogen-bond acceptors (Lipinski definition) is 2. The fourth-order valence-electron chi connectivity index (χ4n) is 0.285. The van der Waals surface area contributed by atoms with Crippen LogP contribution in [0.5, 0.6) is 0 Å². The average molecular weight is 114 g/mol. The summed E-state index contributed by atoms with van der Waals surface area (Å²) in [6, 6.07) is 0. The van der Waals surface area contributed by atoms with Crippen LogP contribution in [-0.2, 0) is 9.53 Å². The summed E-state index contributed by atoms with van der Waals surface area (Å²) in [5.74, 6) is 1.74. The quantitative estimate of drug-likeness (QED) is 0.507. The van der Waals surface area contributed by atoms with Gasteiger partial charge >= 0.3 is 0 Å². The highest BCUT2D eigenvalue weighted by Crippen LogP contribution is 1.84. The number of ether oxygens (including phenoxy) is 1. The van der Waals surface area contributed by atoms with Gasteiger partial charge in [-0.15, -0.1) is 0 Å². The van der Waals surface area contributed by atoms with E-state index in [2.05, 4.69) is 0 Å². The van der Waals surface area contributed by atoms with E-state index in [1.807, 2.05) is 6.92 Å². The molecule has 0 radical (unpaired) electrons. The van der Waals surface area contributed by atoms with E-state index in [9.17, 15) is 4.79 Å². The van der Waals surface area contributed by atoms with E-state index in [4.69, 9.17) is 4.74 Å². The minimum atomic E-state index is 0.417. The van der Waals surface area contributed by atoms with E-state index in [1.54, 1.807) is 12.9 Å². The normalized spacial score (nSPS) is 8.25. The monoisotopic (exact) mass is 114 g/mol. The molecular formula is C6H10O2. The van der Waals surface area contributed by atoms with Crippen molar-refractivity contribution >= 4 is 5.94 Å². The highest BCUT2D eigenvalue weighted by Gasteiger charge is 1.85. The summed E-state index contributed by atoms with van der Waals surface area (Å²) in [4.78, 5) is 9.77. The molecule has 2 heteroatoms. The van der Waals surface area contributed by atoms with Crippen LogP contribution in [0, 0.1) is 0 Å². The Morgan fingerprint density at radius 2 is 2.38 bits per heavy atom. The van der Waals surface area contributed by atoms with Gasteiger partial charge in [-0.2, -0.15) is 0 Å². The van der Waals surface area contributed by atoms with Crippen molar-refractivity contribution in [3.63, 3.8) is 0 Å². The second-order valence-electron chi connectivity index (χ2n) is 1.52. The first-order valence-electron chi connectivity index (χ1n) is 2.59. The lowest BCUT2D eigenvalue weighted by atomic mass is 10.4. The van der Waals surface area contributed by atoms with Crippen molar-refractivity contribution in [1.29, 1.82) is 0 Å². The van der Waals surface area contributed by atoms with Gasteiger partial charge in [0.2, 0.25) is 0 Å². The second kappa shape index (κ2) is 4.57. The van der Waals surface area contributed by atoms with Crippen molar-refractivity contribution in [1.82, 2.24) is 0 Å². The zero-order chi connectivity index (χ0) is 6.41. The molecule has 0 aliphatic heterocycles. The standard InChI is InChI=1S/C6H10O2/c1-3-8-5-6(2)4-7/h3,5H2,1-2H3. The molecule has 8 heavy (non-hydrogen) atoms. The second-order valence-corrected chi connectivity index (χ2v) is 1.52. The Hall–Kier alpha value is -0.590. The minimum Gasteiger partial charge on any atom is -0.377 e. The molecule has 0 unspecified atom stereocenters. The third-order valence-electron chi connectivity index (χ3n) is 0.697. The zero-order valence-corrected chi connectivity index (χ0v) is 5.23. The van der Waals surface area contributed by atoms with Crippen LogP contribution in [0.25, 0.3) is 0 Å². The van der Waals surface area contributed by atoms with Crippen molar-refractivity contribution in [3.05, 3.63) is 5.57 Å². The SMILES string of the molecule is CCOCC(C)=C=O. The summed E-state index contributed by atoms with van der Waals surface area (Å²) in [5, 5.41) is 0. The minimum absolute atomic E-state index is 0.417. The third kappa shape index (κ3) is 3.59. The molecule has 0 aromatic rings. The van der Waals surface area contributed by atoms with Gasteiger partial charge in [-0.25, -0.2) is 4.79 Å². The van der Waals surface area contributed by atoms with Crippen LogP contribution in [0.2, 0.25) is 0 Å². The van der Waals surface area contributed by atoms with Crippen molar-refractivity contribution in [2.45, 2.75) is 13.8 Å². The molecule has 0 fully saturated rings. The highest BCUT2D eigenvalue weighted by atomic mass is 16.5. The van der Waals surface area contributed by atoms with E-state index < -0.39 is 0 Å². The fraction of sp³-hybridized carbons (Fsp3) is 0.667. The number of carbonyl (C=O) groups excluding carboxylic acids is 1. The Balaban J connectivity index is 3.26. The van der Waals surface area contributed by atoms with Gasteiger partial charge in [-0.05, 0) is 13.8 Å². The van der Waals surface area contributed by atoms with Crippen molar-refractivity contribution in [2.24, 2.45) is 0 Å². The third-order valence-corrected chi connectivity index (χ3v) is 0.697. The molecule has 46 valence electrons. The Morgan fingerprint density at radius 1 is 1.75 bits per heavy atom. The molecular weight excluding hydrogens is 104 g/mol. The molecule has 2 nitrogen and oxygen atoms in total. The van der Waals surface area contributed by atoms with Gasteiger partial charge in [-0.1, -0.05) is 0 Å². The molecule has 0 spiro atoms. The Labute approximate surface area is 49.1 Å². The van der Waals surface area contributed by atoms with Gasteiger partial charge in [0.25, 0.3) is 0 Å². The molecule has 0 aromatic heterocycles. The Morgan fingerprint density at radius 3 is 2.75 bits per heavy atom. The van der Waals surface area contributed by atoms with Crippen LogP contribution in [0.4, 0.5) is 0 Å². The van der Waals surface area contributed by atoms with Gasteiger partial charge < -0.3 is 4.74 Å². The topological polar surface area (TPSA) is 26.3 Å². The van der Waals surface area contributed by atoms with Crippen LogP contribution >= 0.6 is 0 Å². The lowest BCUT2D eigenvalue weighted by Crippen LogP contribution is -1.94. The van der Waals surface area contributed by atoms with Gasteiger partial charge in [0, 0.05) is 12.2 Å². The maximum Gasteiger partial charge on any atom is 0.125 e. The molecule has 0 heterocycles. The lowest BCUT2D eigenvalue weighted by molar-refractivity contribution is 0.171. The summed E-state index contributed by atoms with van der Waals surface area (Å²) in [6.07, 6.45) is 0. The molecule has 0 amide bonds. The molecule has 0 aromatic carbocycles. The van der Waals surface area contributed by atoms with Crippen molar-refractivity contribution < 1.29 is 9.53 Å². The van der Waals surface area contributed by atoms with E-state index in [0.29, 0.717) is 18.8 Å². The van der Waals surface area contributed by atoms with Gasteiger partial charge in [0.15, 0.2) is 0 Å². The summed E-state index contributed by atoms with van der Waals surface area (Å²) in [7, 11) is 0. The maximum absolute atomic E-state index is 9.77. The van der Waals surface area contributed by atoms with Gasteiger partial charge in [0.05, 0.1) is 6.61 Å². The summed E-state index contributed by atoms with van der Waals surface area (Å²) >= 11 is 0. The Bertz CT molecular complexity index is 101. The molecule has 0 saturated heterocycles. The number of rotatable bonds is 3. The van der Waals surface area contributed by atoms with E-state index in [1.165, 1.54) is 0 Å². The van der Waals surface area contributed by atoms with E-state index >= 15 is 0 Å². The fourth-order valence-corrected chi connectivity index (χ4v) is 0.285. The van der Waals surface area contributed by atoms with Crippen LogP contribution in [0.1, 0.15) is 13.8 Å². The van der Waals surface area contributed by atoms with E-state index in [-0.39, 0.29) is 0 Å². The van der Waals surface area contributed by atoms with Crippen molar-refractivity contribution in [3.8, 4) is 0 Å². The van der Waals surface area contributed by atoms with Gasteiger partial charge in [-0.3, -0.25) is 0 Å². The first kappa shape index (κ1) is 7.41. The van der Waals surface area contributed by atoms with Crippen LogP contribution in [0.3, 0.4) is 0 Å². The van der Waals surface area contributed by atoms with Crippen LogP contribution in [-0.4, -0.2) is 19.2 Å². The molecule has 0 aliphatic carbocycles. The van der Waals surface area contributed by atoms with Gasteiger partial charge in [0.1, 0.15) is 5.94 Å². The number of hydrogen-bond donors (Lipinski definition) is 0. The maximum atomic E-state index is 9.77.